The van der Waals surface area contributed by atoms with Crippen LogP contribution in [0.5, 0.6) is 0 Å². The molecule has 176 valence electrons. The Kier molecular flexibility index (Phi) is 7.16. The van der Waals surface area contributed by atoms with E-state index in [1.807, 2.05) is 0 Å². The van der Waals surface area contributed by atoms with Gasteiger partial charge in [-0.1, -0.05) is 18.2 Å². The zero-order valence-corrected chi connectivity index (χ0v) is 18.3. The van der Waals surface area contributed by atoms with Crippen LogP contribution >= 0.6 is 0 Å². The number of hydrogen-bond donors (Lipinski definition) is 2. The summed E-state index contributed by atoms with van der Waals surface area (Å²) in [5, 5.41) is 4.45. The summed E-state index contributed by atoms with van der Waals surface area (Å²) < 4.78 is 76.8. The minimum absolute atomic E-state index is 0.00295. The summed E-state index contributed by atoms with van der Waals surface area (Å²) in [6.45, 7) is 1.67. The van der Waals surface area contributed by atoms with E-state index in [-0.39, 0.29) is 47.8 Å². The van der Waals surface area contributed by atoms with E-state index in [1.54, 1.807) is 7.11 Å². The first-order valence-corrected chi connectivity index (χ1v) is 11.3. The number of sulfonamides is 1. The van der Waals surface area contributed by atoms with Gasteiger partial charge in [-0.3, -0.25) is 0 Å². The fourth-order valence-electron chi connectivity index (χ4n) is 3.43. The number of methoxy groups -OCH3 is 1. The fraction of sp³-hybridized carbons (Fsp3) is 0.450. The minimum atomic E-state index is -4.54. The number of carbonyl (C=O) groups excluding carboxylic acids is 1. The maximum atomic E-state index is 13.1. The first-order valence-electron chi connectivity index (χ1n) is 9.85. The number of carbonyl (C=O) groups is 1. The van der Waals surface area contributed by atoms with Crippen molar-refractivity contribution in [3.8, 4) is 0 Å². The van der Waals surface area contributed by atoms with Crippen molar-refractivity contribution < 1.29 is 35.5 Å². The molecule has 0 unspecified atom stereocenters. The van der Waals surface area contributed by atoms with Gasteiger partial charge in [0, 0.05) is 32.8 Å². The Morgan fingerprint density at radius 1 is 1.25 bits per heavy atom. The number of nitrogens with zero attached hydrogens (tertiary/aromatic N) is 1. The molecule has 1 aliphatic heterocycles. The van der Waals surface area contributed by atoms with Gasteiger partial charge in [0.15, 0.2) is 0 Å². The number of furan rings is 1. The second-order valence-electron chi connectivity index (χ2n) is 7.34. The maximum absolute atomic E-state index is 13.1. The van der Waals surface area contributed by atoms with Crippen molar-refractivity contribution in [2.24, 2.45) is 0 Å². The number of piperidine rings is 1. The van der Waals surface area contributed by atoms with Gasteiger partial charge in [-0.15, -0.1) is 0 Å². The summed E-state index contributed by atoms with van der Waals surface area (Å²) in [7, 11) is -2.32. The van der Waals surface area contributed by atoms with Crippen molar-refractivity contribution in [3.05, 3.63) is 47.2 Å². The molecule has 1 aromatic carbocycles. The number of rotatable bonds is 6. The molecule has 2 aromatic rings. The summed E-state index contributed by atoms with van der Waals surface area (Å²) in [4.78, 5) is 12.2. The van der Waals surface area contributed by atoms with E-state index in [0.717, 1.165) is 6.07 Å². The van der Waals surface area contributed by atoms with Crippen LogP contribution in [0.25, 0.3) is 0 Å². The third-order valence-electron chi connectivity index (χ3n) is 5.23. The van der Waals surface area contributed by atoms with Crippen LogP contribution in [0.1, 0.15) is 29.7 Å². The van der Waals surface area contributed by atoms with Gasteiger partial charge in [0.2, 0.25) is 5.09 Å². The highest BCUT2D eigenvalue weighted by molar-refractivity contribution is 7.89. The molecule has 0 atom stereocenters. The Morgan fingerprint density at radius 2 is 1.91 bits per heavy atom. The van der Waals surface area contributed by atoms with Crippen LogP contribution in [0.3, 0.4) is 0 Å². The first kappa shape index (κ1) is 24.1. The predicted molar refractivity (Wildman–Crippen MR) is 110 cm³/mol. The summed E-state index contributed by atoms with van der Waals surface area (Å²) in [6.07, 6.45) is -3.43. The van der Waals surface area contributed by atoms with E-state index >= 15 is 0 Å². The Labute approximate surface area is 183 Å². The average molecular weight is 475 g/mol. The van der Waals surface area contributed by atoms with Gasteiger partial charge < -0.3 is 19.8 Å². The number of hydrogen-bond acceptors (Lipinski definition) is 5. The van der Waals surface area contributed by atoms with E-state index in [4.69, 9.17) is 9.15 Å². The molecule has 0 spiro atoms. The van der Waals surface area contributed by atoms with Gasteiger partial charge in [0.1, 0.15) is 5.76 Å². The summed E-state index contributed by atoms with van der Waals surface area (Å²) in [6, 6.07) is 5.30. The second-order valence-corrected chi connectivity index (χ2v) is 9.21. The summed E-state index contributed by atoms with van der Waals surface area (Å²) in [5.74, 6) is 0.154. The molecule has 2 N–H and O–H groups in total. The lowest BCUT2D eigenvalue weighted by molar-refractivity contribution is -0.138. The molecular weight excluding hydrogens is 451 g/mol. The highest BCUT2D eigenvalue weighted by atomic mass is 32.2. The lowest BCUT2D eigenvalue weighted by Gasteiger charge is -2.29. The third-order valence-corrected chi connectivity index (χ3v) is 6.99. The number of ether oxygens (including phenoxy) is 1. The number of alkyl halides is 3. The van der Waals surface area contributed by atoms with Crippen molar-refractivity contribution in [3.63, 3.8) is 0 Å². The fourth-order valence-corrected chi connectivity index (χ4v) is 4.88. The molecule has 3 rings (SSSR count). The lowest BCUT2D eigenvalue weighted by atomic mass is 10.1. The van der Waals surface area contributed by atoms with Crippen LogP contribution < -0.4 is 10.6 Å². The number of halogens is 3. The Balaban J connectivity index is 1.65. The van der Waals surface area contributed by atoms with Crippen LogP contribution in [0.2, 0.25) is 0 Å². The van der Waals surface area contributed by atoms with Crippen LogP contribution in [-0.4, -0.2) is 45.1 Å². The van der Waals surface area contributed by atoms with Crippen LogP contribution in [-0.2, 0) is 27.5 Å². The number of benzene rings is 1. The predicted octanol–water partition coefficient (Wildman–Crippen LogP) is 3.73. The smallest absolute Gasteiger partial charge is 0.416 e. The minimum Gasteiger partial charge on any atom is -0.446 e. The van der Waals surface area contributed by atoms with Crippen molar-refractivity contribution in [1.29, 1.82) is 0 Å². The number of urea groups is 1. The molecule has 0 aliphatic carbocycles. The largest absolute Gasteiger partial charge is 0.446 e. The number of anilines is 1. The summed E-state index contributed by atoms with van der Waals surface area (Å²) >= 11 is 0. The number of nitrogens with one attached hydrogen (secondary N) is 2. The average Bonchev–Trinajstić information content (AvgIpc) is 3.13. The molecule has 32 heavy (non-hydrogen) atoms. The third kappa shape index (κ3) is 5.43. The molecule has 1 aliphatic rings. The Bertz CT molecular complexity index is 1060. The van der Waals surface area contributed by atoms with Gasteiger partial charge in [0.25, 0.3) is 10.0 Å². The molecule has 0 radical (unpaired) electrons. The van der Waals surface area contributed by atoms with Gasteiger partial charge in [-0.25, -0.2) is 13.2 Å². The Morgan fingerprint density at radius 3 is 2.53 bits per heavy atom. The van der Waals surface area contributed by atoms with E-state index in [0.29, 0.717) is 12.8 Å². The van der Waals surface area contributed by atoms with E-state index in [2.05, 4.69) is 10.6 Å². The molecule has 1 saturated heterocycles. The van der Waals surface area contributed by atoms with Gasteiger partial charge >= 0.3 is 12.2 Å². The van der Waals surface area contributed by atoms with Crippen molar-refractivity contribution in [2.75, 3.05) is 25.5 Å². The van der Waals surface area contributed by atoms with Gasteiger partial charge in [-0.2, -0.15) is 17.5 Å². The van der Waals surface area contributed by atoms with Crippen molar-refractivity contribution >= 4 is 21.7 Å². The number of aryl methyl sites for hydroxylation is 1. The molecule has 2 heterocycles. The van der Waals surface area contributed by atoms with Crippen LogP contribution in [0.15, 0.2) is 39.8 Å². The molecule has 12 heteroatoms. The molecular formula is C20H24F3N3O5S. The Hall–Kier alpha value is -2.57. The second kappa shape index (κ2) is 9.51. The monoisotopic (exact) mass is 475 g/mol. The highest BCUT2D eigenvalue weighted by Gasteiger charge is 2.34. The molecule has 1 fully saturated rings. The van der Waals surface area contributed by atoms with Crippen LogP contribution in [0.4, 0.5) is 23.7 Å². The van der Waals surface area contributed by atoms with Crippen LogP contribution in [0, 0.1) is 6.92 Å². The highest BCUT2D eigenvalue weighted by Crippen LogP contribution is 2.32. The quantitative estimate of drug-likeness (QED) is 0.663. The molecule has 8 nitrogen and oxygen atoms in total. The zero-order chi connectivity index (χ0) is 23.5. The normalized spacial score (nSPS) is 16.2. The van der Waals surface area contributed by atoms with E-state index in [9.17, 15) is 26.4 Å². The molecule has 0 bridgehead atoms. The SMILES string of the molecule is COC1CCN(S(=O)(=O)c2cc(NC(=O)NCc3ccccc3C(F)(F)F)c(C)o2)CC1. The summed E-state index contributed by atoms with van der Waals surface area (Å²) in [5.41, 5.74) is -0.829. The zero-order valence-electron chi connectivity index (χ0n) is 17.5. The maximum Gasteiger partial charge on any atom is 0.416 e. The van der Waals surface area contributed by atoms with E-state index < -0.39 is 27.8 Å². The van der Waals surface area contributed by atoms with Crippen molar-refractivity contribution in [2.45, 2.75) is 43.7 Å². The number of amides is 2. The molecule has 0 saturated carbocycles. The van der Waals surface area contributed by atoms with E-state index in [1.165, 1.54) is 35.5 Å². The lowest BCUT2D eigenvalue weighted by Crippen LogP contribution is -2.40. The molecule has 1 aromatic heterocycles. The molecule has 2 amide bonds. The van der Waals surface area contributed by atoms with Gasteiger partial charge in [0.05, 0.1) is 17.4 Å². The van der Waals surface area contributed by atoms with Crippen molar-refractivity contribution in [1.82, 2.24) is 9.62 Å². The topological polar surface area (TPSA) is 101 Å². The standard InChI is InChI=1S/C20H24F3N3O5S/c1-13-17(11-18(31-13)32(28,29)26-9-7-15(30-2)8-10-26)25-19(27)24-12-14-5-3-4-6-16(14)20(21,22)23/h3-6,11,15H,7-10,12H2,1-2H3,(H2,24,25,27). The first-order chi connectivity index (χ1) is 15.0. The van der Waals surface area contributed by atoms with Gasteiger partial charge in [-0.05, 0) is 31.4 Å².